The topological polar surface area (TPSA) is 38.5 Å². The maximum atomic E-state index is 5.96. The molecule has 1 fully saturated rings. The number of ether oxygens (including phenoxy) is 1. The molecular formula is C13H22N2OS. The highest BCUT2D eigenvalue weighted by molar-refractivity contribution is 7.12. The van der Waals surface area contributed by atoms with Crippen molar-refractivity contribution in [3.8, 4) is 0 Å². The summed E-state index contributed by atoms with van der Waals surface area (Å²) in [5.74, 6) is 0. The number of aryl methyl sites for hydroxylation is 1. The molecule has 2 N–H and O–H groups in total. The van der Waals surface area contributed by atoms with Crippen LogP contribution in [0.15, 0.2) is 12.1 Å². The Bertz CT molecular complexity index is 347. The number of thiophene rings is 1. The van der Waals surface area contributed by atoms with Crippen molar-refractivity contribution in [1.29, 1.82) is 0 Å². The zero-order valence-electron chi connectivity index (χ0n) is 10.7. The molecule has 0 radical (unpaired) electrons. The van der Waals surface area contributed by atoms with Crippen LogP contribution in [0.2, 0.25) is 0 Å². The summed E-state index contributed by atoms with van der Waals surface area (Å²) in [6.07, 6.45) is 2.24. The van der Waals surface area contributed by atoms with E-state index < -0.39 is 0 Å². The van der Waals surface area contributed by atoms with Gasteiger partial charge in [-0.25, -0.2) is 0 Å². The van der Waals surface area contributed by atoms with Gasteiger partial charge in [0.15, 0.2) is 0 Å². The van der Waals surface area contributed by atoms with E-state index in [1.807, 2.05) is 11.3 Å². The van der Waals surface area contributed by atoms with E-state index in [2.05, 4.69) is 31.0 Å². The van der Waals surface area contributed by atoms with E-state index in [1.165, 1.54) is 9.75 Å². The van der Waals surface area contributed by atoms with E-state index >= 15 is 0 Å². The van der Waals surface area contributed by atoms with Crippen LogP contribution in [0.5, 0.6) is 0 Å². The fraction of sp³-hybridized carbons (Fsp3) is 0.692. The molecule has 17 heavy (non-hydrogen) atoms. The fourth-order valence-corrected chi connectivity index (χ4v) is 3.51. The number of rotatable bonds is 4. The van der Waals surface area contributed by atoms with E-state index in [4.69, 9.17) is 10.5 Å². The molecule has 4 heteroatoms. The molecule has 0 aliphatic carbocycles. The Kier molecular flexibility index (Phi) is 4.56. The van der Waals surface area contributed by atoms with E-state index in [9.17, 15) is 0 Å². The number of hydrogen-bond acceptors (Lipinski definition) is 4. The normalized spacial score (nSPS) is 19.8. The maximum Gasteiger partial charge on any atom is 0.0564 e. The lowest BCUT2D eigenvalue weighted by Crippen LogP contribution is -2.41. The zero-order valence-corrected chi connectivity index (χ0v) is 11.5. The van der Waals surface area contributed by atoms with Crippen molar-refractivity contribution in [2.75, 3.05) is 26.8 Å². The summed E-state index contributed by atoms with van der Waals surface area (Å²) < 4.78 is 5.42. The van der Waals surface area contributed by atoms with Crippen molar-refractivity contribution in [2.24, 2.45) is 5.73 Å². The molecule has 1 saturated heterocycles. The van der Waals surface area contributed by atoms with Crippen LogP contribution in [-0.4, -0.2) is 37.7 Å². The number of likely N-dealkylation sites (N-methyl/N-ethyl adjacent to an activating group) is 1. The summed E-state index contributed by atoms with van der Waals surface area (Å²) >= 11 is 1.86. The lowest BCUT2D eigenvalue weighted by atomic mass is 10.0. The Hall–Kier alpha value is -0.420. The third-order valence-electron chi connectivity index (χ3n) is 3.57. The molecule has 1 aromatic rings. The van der Waals surface area contributed by atoms with Gasteiger partial charge >= 0.3 is 0 Å². The molecule has 1 aliphatic heterocycles. The van der Waals surface area contributed by atoms with Gasteiger partial charge in [0.2, 0.25) is 0 Å². The highest BCUT2D eigenvalue weighted by atomic mass is 32.1. The molecule has 1 atom stereocenters. The van der Waals surface area contributed by atoms with E-state index in [0.717, 1.165) is 26.1 Å². The zero-order chi connectivity index (χ0) is 12.3. The minimum absolute atomic E-state index is 0.358. The lowest BCUT2D eigenvalue weighted by molar-refractivity contribution is 0.0299. The third kappa shape index (κ3) is 3.07. The number of nitrogens with zero attached hydrogens (tertiary/aromatic N) is 1. The highest BCUT2D eigenvalue weighted by Crippen LogP contribution is 2.29. The summed E-state index contributed by atoms with van der Waals surface area (Å²) in [6, 6.07) is 5.37. The lowest BCUT2D eigenvalue weighted by Gasteiger charge is -2.36. The van der Waals surface area contributed by atoms with Gasteiger partial charge in [-0.2, -0.15) is 0 Å². The summed E-state index contributed by atoms with van der Waals surface area (Å²) in [6.45, 7) is 4.61. The van der Waals surface area contributed by atoms with Crippen LogP contribution in [0, 0.1) is 6.92 Å². The first-order valence-corrected chi connectivity index (χ1v) is 7.10. The van der Waals surface area contributed by atoms with Crippen molar-refractivity contribution in [3.63, 3.8) is 0 Å². The summed E-state index contributed by atoms with van der Waals surface area (Å²) in [7, 11) is 2.20. The predicted molar refractivity (Wildman–Crippen MR) is 72.5 cm³/mol. The van der Waals surface area contributed by atoms with E-state index in [1.54, 1.807) is 0 Å². The molecule has 0 spiro atoms. The van der Waals surface area contributed by atoms with Crippen LogP contribution in [0.1, 0.15) is 28.6 Å². The van der Waals surface area contributed by atoms with Gasteiger partial charge in [0.25, 0.3) is 0 Å². The van der Waals surface area contributed by atoms with Crippen LogP contribution in [0.25, 0.3) is 0 Å². The molecule has 1 unspecified atom stereocenters. The quantitative estimate of drug-likeness (QED) is 0.895. The van der Waals surface area contributed by atoms with Gasteiger partial charge in [0, 0.05) is 35.6 Å². The van der Waals surface area contributed by atoms with E-state index in [-0.39, 0.29) is 0 Å². The first-order chi connectivity index (χ1) is 8.22. The van der Waals surface area contributed by atoms with E-state index in [0.29, 0.717) is 18.6 Å². The summed E-state index contributed by atoms with van der Waals surface area (Å²) in [4.78, 5) is 5.19. The molecule has 0 amide bonds. The maximum absolute atomic E-state index is 5.96. The molecule has 3 nitrogen and oxygen atoms in total. The fourth-order valence-electron chi connectivity index (χ4n) is 2.46. The highest BCUT2D eigenvalue weighted by Gasteiger charge is 2.25. The molecule has 96 valence electrons. The molecule has 2 heterocycles. The SMILES string of the molecule is Cc1ccc(C(CN)N(C)C2CCOCC2)s1. The van der Waals surface area contributed by atoms with Gasteiger partial charge in [-0.15, -0.1) is 11.3 Å². The average Bonchev–Trinajstić information content (AvgIpc) is 2.78. The third-order valence-corrected chi connectivity index (χ3v) is 4.67. The second-order valence-corrected chi connectivity index (χ2v) is 6.03. The van der Waals surface area contributed by atoms with Gasteiger partial charge in [-0.05, 0) is 38.9 Å². The Morgan fingerprint density at radius 2 is 2.18 bits per heavy atom. The van der Waals surface area contributed by atoms with Crippen LogP contribution in [0.4, 0.5) is 0 Å². The van der Waals surface area contributed by atoms with Crippen molar-refractivity contribution in [1.82, 2.24) is 4.90 Å². The average molecular weight is 254 g/mol. The van der Waals surface area contributed by atoms with Gasteiger partial charge < -0.3 is 10.5 Å². The molecule has 1 aliphatic rings. The van der Waals surface area contributed by atoms with Crippen LogP contribution in [-0.2, 0) is 4.74 Å². The van der Waals surface area contributed by atoms with Crippen molar-refractivity contribution in [3.05, 3.63) is 21.9 Å². The Balaban J connectivity index is 2.06. The van der Waals surface area contributed by atoms with Crippen molar-refractivity contribution >= 4 is 11.3 Å². The van der Waals surface area contributed by atoms with Gasteiger partial charge in [-0.3, -0.25) is 4.90 Å². The summed E-state index contributed by atoms with van der Waals surface area (Å²) in [5.41, 5.74) is 5.96. The minimum atomic E-state index is 0.358. The molecule has 2 rings (SSSR count). The summed E-state index contributed by atoms with van der Waals surface area (Å²) in [5, 5.41) is 0. The Morgan fingerprint density at radius 1 is 1.47 bits per heavy atom. The number of hydrogen-bond donors (Lipinski definition) is 1. The Labute approximate surface area is 108 Å². The van der Waals surface area contributed by atoms with Crippen molar-refractivity contribution in [2.45, 2.75) is 31.8 Å². The van der Waals surface area contributed by atoms with Crippen LogP contribution in [0.3, 0.4) is 0 Å². The molecule has 0 bridgehead atoms. The molecule has 0 saturated carbocycles. The second-order valence-electron chi connectivity index (χ2n) is 4.71. The van der Waals surface area contributed by atoms with Crippen molar-refractivity contribution < 1.29 is 4.74 Å². The number of nitrogens with two attached hydrogens (primary N) is 1. The molecule has 0 aromatic carbocycles. The smallest absolute Gasteiger partial charge is 0.0564 e. The first-order valence-electron chi connectivity index (χ1n) is 6.28. The first kappa shape index (κ1) is 13.0. The molecule has 1 aromatic heterocycles. The van der Waals surface area contributed by atoms with Crippen LogP contribution >= 0.6 is 11.3 Å². The second kappa shape index (κ2) is 5.96. The monoisotopic (exact) mass is 254 g/mol. The largest absolute Gasteiger partial charge is 0.381 e. The van der Waals surface area contributed by atoms with Gasteiger partial charge in [0.1, 0.15) is 0 Å². The Morgan fingerprint density at radius 3 is 2.71 bits per heavy atom. The minimum Gasteiger partial charge on any atom is -0.381 e. The van der Waals surface area contributed by atoms with Crippen LogP contribution < -0.4 is 5.73 Å². The van der Waals surface area contributed by atoms with Gasteiger partial charge in [0.05, 0.1) is 6.04 Å². The standard InChI is InChI=1S/C13H22N2OS/c1-10-3-4-13(17-10)12(9-14)15(2)11-5-7-16-8-6-11/h3-4,11-12H,5-9,14H2,1-2H3. The predicted octanol–water partition coefficient (Wildman–Crippen LogP) is 2.17. The van der Waals surface area contributed by atoms with Gasteiger partial charge in [-0.1, -0.05) is 0 Å². The molecular weight excluding hydrogens is 232 g/mol.